The van der Waals surface area contributed by atoms with Crippen LogP contribution in [0.15, 0.2) is 0 Å². The fourth-order valence-corrected chi connectivity index (χ4v) is 2.36. The Morgan fingerprint density at radius 3 is 2.36 bits per heavy atom. The summed E-state index contributed by atoms with van der Waals surface area (Å²) in [6, 6.07) is 0. The van der Waals surface area contributed by atoms with Crippen molar-refractivity contribution in [3.63, 3.8) is 0 Å². The van der Waals surface area contributed by atoms with E-state index in [2.05, 4.69) is 0 Å². The van der Waals surface area contributed by atoms with Crippen molar-refractivity contribution in [1.82, 2.24) is 4.90 Å². The molecule has 1 aliphatic carbocycles. The molecule has 0 saturated heterocycles. The van der Waals surface area contributed by atoms with Gasteiger partial charge in [0.05, 0.1) is 5.92 Å². The number of hydrogen-bond donors (Lipinski definition) is 1. The van der Waals surface area contributed by atoms with E-state index in [1.54, 1.807) is 0 Å². The van der Waals surface area contributed by atoms with Crippen LogP contribution in [0.5, 0.6) is 0 Å². The minimum absolute atomic E-state index is 0.162. The summed E-state index contributed by atoms with van der Waals surface area (Å²) >= 11 is 0. The smallest absolute Gasteiger partial charge is 0.308 e. The van der Waals surface area contributed by atoms with Crippen molar-refractivity contribution in [3.8, 4) is 0 Å². The van der Waals surface area contributed by atoms with Crippen LogP contribution in [0.3, 0.4) is 0 Å². The molecule has 1 aliphatic rings. The molecule has 0 aromatic carbocycles. The quantitative estimate of drug-likeness (QED) is 0.751. The van der Waals surface area contributed by atoms with Gasteiger partial charge >= 0.3 is 5.97 Å². The van der Waals surface area contributed by atoms with E-state index in [1.165, 1.54) is 19.3 Å². The first kappa shape index (κ1) is 11.5. The third-order valence-electron chi connectivity index (χ3n) is 3.10. The van der Waals surface area contributed by atoms with Crippen LogP contribution in [0.4, 0.5) is 0 Å². The number of aliphatic carboxylic acids is 1. The van der Waals surface area contributed by atoms with Gasteiger partial charge in [0.15, 0.2) is 0 Å². The number of rotatable bonds is 4. The average Bonchev–Trinajstić information content (AvgIpc) is 2.15. The Kier molecular flexibility index (Phi) is 4.39. The SMILES string of the molecule is CN(C)CC(C(=O)O)C1CCCCC1. The molecule has 1 rings (SSSR count). The monoisotopic (exact) mass is 199 g/mol. The molecule has 0 bridgehead atoms. The van der Waals surface area contributed by atoms with Gasteiger partial charge in [-0.05, 0) is 32.9 Å². The van der Waals surface area contributed by atoms with E-state index < -0.39 is 5.97 Å². The number of carboxylic acids is 1. The van der Waals surface area contributed by atoms with E-state index in [4.69, 9.17) is 5.11 Å². The van der Waals surface area contributed by atoms with Crippen LogP contribution in [0.1, 0.15) is 32.1 Å². The fourth-order valence-electron chi connectivity index (χ4n) is 2.36. The van der Waals surface area contributed by atoms with Crippen LogP contribution in [-0.2, 0) is 4.79 Å². The summed E-state index contributed by atoms with van der Waals surface area (Å²) < 4.78 is 0. The molecule has 14 heavy (non-hydrogen) atoms. The van der Waals surface area contributed by atoms with Gasteiger partial charge in [-0.3, -0.25) is 4.79 Å². The first-order valence-corrected chi connectivity index (χ1v) is 5.49. The molecule has 0 amide bonds. The predicted octanol–water partition coefficient (Wildman–Crippen LogP) is 1.83. The van der Waals surface area contributed by atoms with Gasteiger partial charge in [0.2, 0.25) is 0 Å². The molecule has 3 nitrogen and oxygen atoms in total. The highest BCUT2D eigenvalue weighted by Crippen LogP contribution is 2.30. The van der Waals surface area contributed by atoms with Crippen molar-refractivity contribution in [2.45, 2.75) is 32.1 Å². The third-order valence-corrected chi connectivity index (χ3v) is 3.10. The van der Waals surface area contributed by atoms with Crippen LogP contribution in [0.2, 0.25) is 0 Å². The first-order chi connectivity index (χ1) is 6.61. The van der Waals surface area contributed by atoms with Crippen LogP contribution in [0.25, 0.3) is 0 Å². The Balaban J connectivity index is 2.51. The zero-order valence-corrected chi connectivity index (χ0v) is 9.20. The molecule has 0 radical (unpaired) electrons. The fraction of sp³-hybridized carbons (Fsp3) is 0.909. The Hall–Kier alpha value is -0.570. The number of nitrogens with zero attached hydrogens (tertiary/aromatic N) is 1. The van der Waals surface area contributed by atoms with Gasteiger partial charge in [-0.15, -0.1) is 0 Å². The van der Waals surface area contributed by atoms with Gasteiger partial charge in [-0.25, -0.2) is 0 Å². The Bertz CT molecular complexity index is 186. The molecule has 0 heterocycles. The van der Waals surface area contributed by atoms with Crippen LogP contribution >= 0.6 is 0 Å². The first-order valence-electron chi connectivity index (χ1n) is 5.49. The normalized spacial score (nSPS) is 21.1. The van der Waals surface area contributed by atoms with Crippen molar-refractivity contribution >= 4 is 5.97 Å². The van der Waals surface area contributed by atoms with Gasteiger partial charge in [0, 0.05) is 6.54 Å². The lowest BCUT2D eigenvalue weighted by atomic mass is 9.80. The Morgan fingerprint density at radius 1 is 1.36 bits per heavy atom. The van der Waals surface area contributed by atoms with E-state index >= 15 is 0 Å². The highest BCUT2D eigenvalue weighted by molar-refractivity contribution is 5.70. The molecular weight excluding hydrogens is 178 g/mol. The Morgan fingerprint density at radius 2 is 1.93 bits per heavy atom. The number of hydrogen-bond acceptors (Lipinski definition) is 2. The topological polar surface area (TPSA) is 40.5 Å². The number of carboxylic acid groups (broad SMARTS) is 1. The lowest BCUT2D eigenvalue weighted by Gasteiger charge is -2.29. The molecule has 1 N–H and O–H groups in total. The molecule has 0 aromatic heterocycles. The van der Waals surface area contributed by atoms with Crippen molar-refractivity contribution in [1.29, 1.82) is 0 Å². The molecule has 82 valence electrons. The lowest BCUT2D eigenvalue weighted by molar-refractivity contribution is -0.144. The lowest BCUT2D eigenvalue weighted by Crippen LogP contribution is -2.34. The third kappa shape index (κ3) is 3.29. The van der Waals surface area contributed by atoms with Crippen molar-refractivity contribution in [3.05, 3.63) is 0 Å². The zero-order chi connectivity index (χ0) is 10.6. The van der Waals surface area contributed by atoms with Gasteiger partial charge in [-0.1, -0.05) is 19.3 Å². The minimum atomic E-state index is -0.620. The van der Waals surface area contributed by atoms with Crippen LogP contribution in [0, 0.1) is 11.8 Å². The number of carbonyl (C=O) groups is 1. The van der Waals surface area contributed by atoms with Gasteiger partial charge in [0.25, 0.3) is 0 Å². The molecule has 0 aromatic rings. The summed E-state index contributed by atoms with van der Waals surface area (Å²) in [6.07, 6.45) is 5.91. The zero-order valence-electron chi connectivity index (χ0n) is 9.20. The molecule has 0 aliphatic heterocycles. The van der Waals surface area contributed by atoms with Gasteiger partial charge < -0.3 is 10.0 Å². The minimum Gasteiger partial charge on any atom is -0.481 e. The van der Waals surface area contributed by atoms with E-state index in [0.29, 0.717) is 12.5 Å². The summed E-state index contributed by atoms with van der Waals surface area (Å²) in [6.45, 7) is 0.681. The van der Waals surface area contributed by atoms with Crippen molar-refractivity contribution in [2.24, 2.45) is 11.8 Å². The largest absolute Gasteiger partial charge is 0.481 e. The highest BCUT2D eigenvalue weighted by atomic mass is 16.4. The summed E-state index contributed by atoms with van der Waals surface area (Å²) in [5.74, 6) is -0.375. The van der Waals surface area contributed by atoms with Gasteiger partial charge in [-0.2, -0.15) is 0 Å². The van der Waals surface area contributed by atoms with E-state index in [9.17, 15) is 4.79 Å². The molecule has 1 saturated carbocycles. The second-order valence-corrected chi connectivity index (χ2v) is 4.61. The molecular formula is C11H21NO2. The molecule has 0 spiro atoms. The molecule has 1 fully saturated rings. The van der Waals surface area contributed by atoms with Gasteiger partial charge in [0.1, 0.15) is 0 Å². The van der Waals surface area contributed by atoms with Crippen molar-refractivity contribution < 1.29 is 9.90 Å². The maximum atomic E-state index is 11.1. The summed E-state index contributed by atoms with van der Waals surface area (Å²) in [7, 11) is 3.89. The maximum absolute atomic E-state index is 11.1. The van der Waals surface area contributed by atoms with Crippen LogP contribution in [-0.4, -0.2) is 36.6 Å². The average molecular weight is 199 g/mol. The standard InChI is InChI=1S/C11H21NO2/c1-12(2)8-10(11(13)14)9-6-4-3-5-7-9/h9-10H,3-8H2,1-2H3,(H,13,14). The molecule has 3 heteroatoms. The summed E-state index contributed by atoms with van der Waals surface area (Å²) in [5.41, 5.74) is 0. The van der Waals surface area contributed by atoms with E-state index in [-0.39, 0.29) is 5.92 Å². The summed E-state index contributed by atoms with van der Waals surface area (Å²) in [5, 5.41) is 9.15. The second-order valence-electron chi connectivity index (χ2n) is 4.61. The van der Waals surface area contributed by atoms with E-state index in [1.807, 2.05) is 19.0 Å². The van der Waals surface area contributed by atoms with Crippen LogP contribution < -0.4 is 0 Å². The molecule has 1 atom stereocenters. The second kappa shape index (κ2) is 5.35. The summed E-state index contributed by atoms with van der Waals surface area (Å²) in [4.78, 5) is 13.1. The Labute approximate surface area is 86.1 Å². The maximum Gasteiger partial charge on any atom is 0.308 e. The predicted molar refractivity (Wildman–Crippen MR) is 56.3 cm³/mol. The van der Waals surface area contributed by atoms with Crippen molar-refractivity contribution in [2.75, 3.05) is 20.6 Å². The van der Waals surface area contributed by atoms with E-state index in [0.717, 1.165) is 12.8 Å². The highest BCUT2D eigenvalue weighted by Gasteiger charge is 2.29. The molecule has 1 unspecified atom stereocenters.